The van der Waals surface area contributed by atoms with Crippen LogP contribution in [0.4, 0.5) is 0 Å². The van der Waals surface area contributed by atoms with E-state index >= 15 is 0 Å². The maximum absolute atomic E-state index is 8.76. The summed E-state index contributed by atoms with van der Waals surface area (Å²) >= 11 is 0. The van der Waals surface area contributed by atoms with Crippen molar-refractivity contribution in [1.82, 2.24) is 10.1 Å². The Morgan fingerprint density at radius 3 is 2.00 bits per heavy atom. The van der Waals surface area contributed by atoms with Crippen LogP contribution >= 0.6 is 0 Å². The Bertz CT molecular complexity index is 140. The largest absolute Gasteiger partial charge is 0.492 e. The zero-order valence-electron chi connectivity index (χ0n) is 4.81. The molecule has 1 aliphatic rings. The first-order valence-electron chi connectivity index (χ1n) is 2.34. The van der Waals surface area contributed by atoms with E-state index in [0.29, 0.717) is 10.1 Å². The highest BCUT2D eigenvalue weighted by Crippen LogP contribution is 2.19. The van der Waals surface area contributed by atoms with E-state index in [1.54, 1.807) is 0 Å². The van der Waals surface area contributed by atoms with E-state index < -0.39 is 0 Å². The van der Waals surface area contributed by atoms with Gasteiger partial charge in [0.1, 0.15) is 5.70 Å². The fourth-order valence-electron chi connectivity index (χ4n) is 0.513. The average molecular weight is 131 g/mol. The third-order valence-corrected chi connectivity index (χ3v) is 1.10. The molecule has 5 nitrogen and oxygen atoms in total. The van der Waals surface area contributed by atoms with E-state index in [1.165, 1.54) is 6.92 Å². The Kier molecular flexibility index (Phi) is 1.22. The van der Waals surface area contributed by atoms with Crippen molar-refractivity contribution in [2.45, 2.75) is 6.92 Å². The van der Waals surface area contributed by atoms with E-state index in [0.717, 1.165) is 6.67 Å². The number of allylic oxidation sites excluding steroid dienone is 1. The molecule has 1 rings (SSSR count). The molecule has 0 spiro atoms. The highest BCUT2D eigenvalue weighted by atomic mass is 16.6. The molecule has 1 aliphatic heterocycles. The Hall–Kier alpha value is -0.940. The fourth-order valence-corrected chi connectivity index (χ4v) is 0.513. The summed E-state index contributed by atoms with van der Waals surface area (Å²) in [5, 5.41) is 27.1. The first-order chi connectivity index (χ1) is 4.13. The smallest absolute Gasteiger partial charge is 0.235 e. The summed E-state index contributed by atoms with van der Waals surface area (Å²) in [5.74, 6) is -0.363. The Morgan fingerprint density at radius 1 is 1.33 bits per heavy atom. The maximum Gasteiger partial charge on any atom is 0.235 e. The van der Waals surface area contributed by atoms with Gasteiger partial charge < -0.3 is 5.11 Å². The molecule has 0 fully saturated rings. The van der Waals surface area contributed by atoms with Gasteiger partial charge in [-0.15, -0.1) is 0 Å². The molecule has 0 unspecified atom stereocenters. The predicted octanol–water partition coefficient (Wildman–Crippen LogP) is 0.249. The first kappa shape index (κ1) is 6.18. The third kappa shape index (κ3) is 0.797. The van der Waals surface area contributed by atoms with Gasteiger partial charge in [-0.2, -0.15) is 5.06 Å². The van der Waals surface area contributed by atoms with Crippen LogP contribution in [-0.4, -0.2) is 25.6 Å². The van der Waals surface area contributed by atoms with Crippen molar-refractivity contribution in [2.24, 2.45) is 0 Å². The van der Waals surface area contributed by atoms with Gasteiger partial charge in [0, 0.05) is 0 Å². The summed E-state index contributed by atoms with van der Waals surface area (Å²) in [5.41, 5.74) is 0.192. The van der Waals surface area contributed by atoms with Gasteiger partial charge in [-0.05, 0) is 6.92 Å². The summed E-state index contributed by atoms with van der Waals surface area (Å²) in [7, 11) is 0. The number of hydrogen-bond acceptors (Lipinski definition) is 5. The summed E-state index contributed by atoms with van der Waals surface area (Å²) in [6, 6.07) is 0. The summed E-state index contributed by atoms with van der Waals surface area (Å²) < 4.78 is 0. The van der Waals surface area contributed by atoms with Crippen LogP contribution in [0.1, 0.15) is 6.92 Å². The molecule has 9 heavy (non-hydrogen) atoms. The summed E-state index contributed by atoms with van der Waals surface area (Å²) in [6.07, 6.45) is 0. The van der Waals surface area contributed by atoms with E-state index in [4.69, 9.17) is 15.5 Å². The van der Waals surface area contributed by atoms with Crippen LogP contribution in [0.5, 0.6) is 0 Å². The lowest BCUT2D eigenvalue weighted by Gasteiger charge is -2.07. The molecular formula is C4H7N2O3. The number of aliphatic hydroxyl groups excluding tert-OH is 1. The number of nitrogens with zero attached hydrogens (tertiary/aromatic N) is 2. The average Bonchev–Trinajstić information content (AvgIpc) is 1.98. The quantitative estimate of drug-likeness (QED) is 0.439. The minimum atomic E-state index is -0.363. The molecule has 0 bridgehead atoms. The molecule has 0 aliphatic carbocycles. The highest BCUT2D eigenvalue weighted by Gasteiger charge is 2.23. The molecule has 0 aromatic heterocycles. The van der Waals surface area contributed by atoms with Gasteiger partial charge in [-0.3, -0.25) is 10.4 Å². The number of rotatable bonds is 0. The topological polar surface area (TPSA) is 67.2 Å². The molecule has 0 aromatic carbocycles. The van der Waals surface area contributed by atoms with Crippen LogP contribution < -0.4 is 0 Å². The van der Waals surface area contributed by atoms with Gasteiger partial charge in [0.15, 0.2) is 6.67 Å². The van der Waals surface area contributed by atoms with Gasteiger partial charge >= 0.3 is 0 Å². The number of hydroxylamine groups is 4. The van der Waals surface area contributed by atoms with E-state index in [2.05, 4.69) is 0 Å². The third-order valence-electron chi connectivity index (χ3n) is 1.10. The van der Waals surface area contributed by atoms with Crippen LogP contribution in [0.15, 0.2) is 11.6 Å². The van der Waals surface area contributed by atoms with Crippen molar-refractivity contribution in [3.05, 3.63) is 18.2 Å². The Morgan fingerprint density at radius 2 is 1.89 bits per heavy atom. The predicted molar refractivity (Wildman–Crippen MR) is 26.9 cm³/mol. The second-order valence-electron chi connectivity index (χ2n) is 1.71. The second kappa shape index (κ2) is 1.78. The van der Waals surface area contributed by atoms with Crippen molar-refractivity contribution in [1.29, 1.82) is 0 Å². The normalized spacial score (nSPS) is 19.9. The Labute approximate surface area is 51.9 Å². The molecule has 51 valence electrons. The molecular weight excluding hydrogens is 124 g/mol. The molecule has 3 N–H and O–H groups in total. The molecule has 0 aromatic rings. The minimum Gasteiger partial charge on any atom is -0.492 e. The highest BCUT2D eigenvalue weighted by molar-refractivity contribution is 5.07. The monoisotopic (exact) mass is 131 g/mol. The van der Waals surface area contributed by atoms with Crippen LogP contribution in [0.2, 0.25) is 0 Å². The lowest BCUT2D eigenvalue weighted by atomic mass is 10.5. The lowest BCUT2D eigenvalue weighted by Crippen LogP contribution is -2.15. The zero-order chi connectivity index (χ0) is 7.02. The van der Waals surface area contributed by atoms with E-state index in [9.17, 15) is 0 Å². The zero-order valence-corrected chi connectivity index (χ0v) is 4.81. The first-order valence-corrected chi connectivity index (χ1v) is 2.34. The molecule has 1 heterocycles. The van der Waals surface area contributed by atoms with Gasteiger partial charge in [0.05, 0.1) is 0 Å². The molecule has 5 heteroatoms. The van der Waals surface area contributed by atoms with Crippen LogP contribution in [-0.2, 0) is 0 Å². The van der Waals surface area contributed by atoms with Crippen molar-refractivity contribution >= 4 is 0 Å². The lowest BCUT2D eigenvalue weighted by molar-refractivity contribution is -0.111. The van der Waals surface area contributed by atoms with Crippen molar-refractivity contribution in [2.75, 3.05) is 0 Å². The van der Waals surface area contributed by atoms with Crippen LogP contribution in [0, 0.1) is 6.67 Å². The number of hydrogen-bond donors (Lipinski definition) is 3. The minimum absolute atomic E-state index is 0.192. The molecule has 0 atom stereocenters. The van der Waals surface area contributed by atoms with Gasteiger partial charge in [0.2, 0.25) is 5.88 Å². The summed E-state index contributed by atoms with van der Waals surface area (Å²) in [4.78, 5) is 0. The number of aliphatic hydroxyl groups is 1. The molecule has 0 amide bonds. The van der Waals surface area contributed by atoms with Crippen molar-refractivity contribution in [3.63, 3.8) is 0 Å². The van der Waals surface area contributed by atoms with Crippen molar-refractivity contribution < 1.29 is 15.5 Å². The Balaban J connectivity index is 2.79. The standard InChI is InChI=1S/C4H7N2O3/c1-3-4(7)6(9)2-5(3)8/h2,7-9H,1H3. The van der Waals surface area contributed by atoms with E-state index in [1.807, 2.05) is 0 Å². The van der Waals surface area contributed by atoms with Gasteiger partial charge in [-0.25, -0.2) is 5.06 Å². The molecule has 1 radical (unpaired) electrons. The maximum atomic E-state index is 8.76. The second-order valence-corrected chi connectivity index (χ2v) is 1.71. The van der Waals surface area contributed by atoms with Crippen LogP contribution in [0.3, 0.4) is 0 Å². The molecule has 0 saturated carbocycles. The fraction of sp³-hybridized carbons (Fsp3) is 0.250. The van der Waals surface area contributed by atoms with Gasteiger partial charge in [0.25, 0.3) is 0 Å². The SMILES string of the molecule is CC1=C(O)N(O)[CH]N1O. The molecule has 0 saturated heterocycles. The van der Waals surface area contributed by atoms with Crippen molar-refractivity contribution in [3.8, 4) is 0 Å². The summed E-state index contributed by atoms with van der Waals surface area (Å²) in [6.45, 7) is 2.40. The van der Waals surface area contributed by atoms with E-state index in [-0.39, 0.29) is 11.6 Å². The van der Waals surface area contributed by atoms with Gasteiger partial charge in [-0.1, -0.05) is 0 Å². The van der Waals surface area contributed by atoms with Crippen LogP contribution in [0.25, 0.3) is 0 Å².